The first-order valence-corrected chi connectivity index (χ1v) is 6.13. The number of hydrogen-bond acceptors (Lipinski definition) is 5. The number of rotatable bonds is 2. The van der Waals surface area contributed by atoms with E-state index in [-0.39, 0.29) is 11.3 Å². The van der Waals surface area contributed by atoms with Crippen molar-refractivity contribution in [3.05, 3.63) is 40.0 Å². The summed E-state index contributed by atoms with van der Waals surface area (Å²) in [5, 5.41) is 0.605. The average molecular weight is 324 g/mol. The lowest BCUT2D eigenvalue weighted by molar-refractivity contribution is 0.0594. The van der Waals surface area contributed by atoms with Crippen LogP contribution in [0, 0.1) is 0 Å². The van der Waals surface area contributed by atoms with E-state index in [0.717, 1.165) is 4.47 Å². The molecule has 0 atom stereocenters. The van der Waals surface area contributed by atoms with Gasteiger partial charge in [-0.15, -0.1) is 0 Å². The highest BCUT2D eigenvalue weighted by Gasteiger charge is 2.17. The van der Waals surface area contributed by atoms with Gasteiger partial charge >= 0.3 is 11.9 Å². The van der Waals surface area contributed by atoms with Crippen LogP contribution in [0.1, 0.15) is 20.8 Å². The molecule has 0 N–H and O–H groups in total. The van der Waals surface area contributed by atoms with Crippen LogP contribution < -0.4 is 0 Å². The molecule has 0 spiro atoms. The Balaban J connectivity index is 2.76. The largest absolute Gasteiger partial charge is 0.465 e. The molecule has 0 aliphatic heterocycles. The molecule has 0 amide bonds. The molecule has 2 aromatic rings. The fourth-order valence-electron chi connectivity index (χ4n) is 1.69. The highest BCUT2D eigenvalue weighted by molar-refractivity contribution is 9.10. The Bertz CT molecular complexity index is 669. The Morgan fingerprint density at radius 3 is 2.42 bits per heavy atom. The number of carbonyl (C=O) groups is 2. The molecule has 2 rings (SSSR count). The van der Waals surface area contributed by atoms with Crippen LogP contribution in [0.25, 0.3) is 10.9 Å². The van der Waals surface area contributed by atoms with E-state index < -0.39 is 11.9 Å². The van der Waals surface area contributed by atoms with Crippen LogP contribution in [0.4, 0.5) is 0 Å². The molecule has 5 nitrogen and oxygen atoms in total. The van der Waals surface area contributed by atoms with Gasteiger partial charge < -0.3 is 9.47 Å². The van der Waals surface area contributed by atoms with Crippen LogP contribution in [0.2, 0.25) is 0 Å². The van der Waals surface area contributed by atoms with E-state index >= 15 is 0 Å². The number of esters is 2. The standard InChI is InChI=1S/C13H10BrNO4/c1-18-12(16)9-6-11(13(17)19-2)15-10-4-3-7(14)5-8(9)10/h3-6H,1-2H3. The summed E-state index contributed by atoms with van der Waals surface area (Å²) in [5.41, 5.74) is 0.860. The van der Waals surface area contributed by atoms with E-state index in [1.807, 2.05) is 0 Å². The Kier molecular flexibility index (Phi) is 3.80. The molecule has 0 fully saturated rings. The molecule has 1 aromatic heterocycles. The van der Waals surface area contributed by atoms with Crippen molar-refractivity contribution in [2.75, 3.05) is 14.2 Å². The summed E-state index contributed by atoms with van der Waals surface area (Å²) in [7, 11) is 2.54. The lowest BCUT2D eigenvalue weighted by atomic mass is 10.1. The predicted molar refractivity (Wildman–Crippen MR) is 72.1 cm³/mol. The predicted octanol–water partition coefficient (Wildman–Crippen LogP) is 2.57. The lowest BCUT2D eigenvalue weighted by Gasteiger charge is -2.07. The second-order valence-corrected chi connectivity index (χ2v) is 4.62. The van der Waals surface area contributed by atoms with Gasteiger partial charge in [-0.3, -0.25) is 0 Å². The second kappa shape index (κ2) is 5.36. The molecule has 98 valence electrons. The molecule has 6 heteroatoms. The Morgan fingerprint density at radius 1 is 1.11 bits per heavy atom. The van der Waals surface area contributed by atoms with Crippen LogP contribution in [0.15, 0.2) is 28.7 Å². The summed E-state index contributed by atoms with van der Waals surface area (Å²) < 4.78 is 10.1. The van der Waals surface area contributed by atoms with Gasteiger partial charge in [-0.1, -0.05) is 15.9 Å². The summed E-state index contributed by atoms with van der Waals surface area (Å²) >= 11 is 3.33. The number of benzene rings is 1. The maximum Gasteiger partial charge on any atom is 0.356 e. The molecule has 0 aliphatic rings. The van der Waals surface area contributed by atoms with Crippen molar-refractivity contribution in [2.45, 2.75) is 0 Å². The van der Waals surface area contributed by atoms with Gasteiger partial charge in [-0.2, -0.15) is 0 Å². The molecule has 1 aromatic carbocycles. The van der Waals surface area contributed by atoms with Gasteiger partial charge in [0.2, 0.25) is 0 Å². The van der Waals surface area contributed by atoms with Crippen molar-refractivity contribution < 1.29 is 19.1 Å². The van der Waals surface area contributed by atoms with E-state index in [0.29, 0.717) is 10.9 Å². The molecule has 0 saturated carbocycles. The Hall–Kier alpha value is -1.95. The van der Waals surface area contributed by atoms with Crippen LogP contribution in [0.5, 0.6) is 0 Å². The maximum absolute atomic E-state index is 11.8. The first kappa shape index (κ1) is 13.5. The fourth-order valence-corrected chi connectivity index (χ4v) is 2.05. The van der Waals surface area contributed by atoms with E-state index in [2.05, 4.69) is 25.7 Å². The second-order valence-electron chi connectivity index (χ2n) is 3.70. The number of pyridine rings is 1. The number of ether oxygens (including phenoxy) is 2. The highest BCUT2D eigenvalue weighted by Crippen LogP contribution is 2.23. The Labute approximate surface area is 117 Å². The maximum atomic E-state index is 11.8. The van der Waals surface area contributed by atoms with Crippen molar-refractivity contribution in [1.29, 1.82) is 0 Å². The zero-order valence-corrected chi connectivity index (χ0v) is 11.9. The number of hydrogen-bond donors (Lipinski definition) is 0. The molecule has 1 heterocycles. The number of fused-ring (bicyclic) bond motifs is 1. The van der Waals surface area contributed by atoms with Gasteiger partial charge in [0.1, 0.15) is 5.69 Å². The Morgan fingerprint density at radius 2 is 1.79 bits per heavy atom. The molecule has 0 aliphatic carbocycles. The zero-order chi connectivity index (χ0) is 14.0. The molecular formula is C13H10BrNO4. The molecule has 0 saturated heterocycles. The van der Waals surface area contributed by atoms with Gasteiger partial charge in [0, 0.05) is 9.86 Å². The SMILES string of the molecule is COC(=O)c1cc(C(=O)OC)c2cc(Br)ccc2n1. The number of halogens is 1. The lowest BCUT2D eigenvalue weighted by Crippen LogP contribution is -2.09. The van der Waals surface area contributed by atoms with Crippen molar-refractivity contribution in [2.24, 2.45) is 0 Å². The highest BCUT2D eigenvalue weighted by atomic mass is 79.9. The zero-order valence-electron chi connectivity index (χ0n) is 10.3. The first-order chi connectivity index (χ1) is 9.06. The van der Waals surface area contributed by atoms with Gasteiger partial charge in [0.25, 0.3) is 0 Å². The van der Waals surface area contributed by atoms with Crippen molar-refractivity contribution in [3.63, 3.8) is 0 Å². The number of nitrogens with zero attached hydrogens (tertiary/aromatic N) is 1. The molecule has 19 heavy (non-hydrogen) atoms. The summed E-state index contributed by atoms with van der Waals surface area (Å²) in [6.07, 6.45) is 0. The van der Waals surface area contributed by atoms with Gasteiger partial charge in [0.05, 0.1) is 25.3 Å². The van der Waals surface area contributed by atoms with Crippen LogP contribution in [0.3, 0.4) is 0 Å². The third-order valence-electron chi connectivity index (χ3n) is 2.57. The quantitative estimate of drug-likeness (QED) is 0.795. The van der Waals surface area contributed by atoms with Gasteiger partial charge in [0.15, 0.2) is 0 Å². The van der Waals surface area contributed by atoms with Crippen molar-refractivity contribution >= 4 is 38.8 Å². The molecule has 0 unspecified atom stereocenters. The number of methoxy groups -OCH3 is 2. The smallest absolute Gasteiger partial charge is 0.356 e. The van der Waals surface area contributed by atoms with Crippen molar-refractivity contribution in [1.82, 2.24) is 4.98 Å². The molecule has 0 radical (unpaired) electrons. The first-order valence-electron chi connectivity index (χ1n) is 5.33. The minimum absolute atomic E-state index is 0.0673. The minimum atomic E-state index is -0.602. The summed E-state index contributed by atoms with van der Waals surface area (Å²) in [5.74, 6) is -1.13. The van der Waals surface area contributed by atoms with E-state index in [1.54, 1.807) is 18.2 Å². The normalized spacial score (nSPS) is 10.3. The summed E-state index contributed by atoms with van der Waals surface area (Å²) in [4.78, 5) is 27.5. The van der Waals surface area contributed by atoms with Crippen LogP contribution >= 0.6 is 15.9 Å². The number of aromatic nitrogens is 1. The van der Waals surface area contributed by atoms with Crippen molar-refractivity contribution in [3.8, 4) is 0 Å². The fraction of sp³-hybridized carbons (Fsp3) is 0.154. The van der Waals surface area contributed by atoms with Gasteiger partial charge in [-0.05, 0) is 24.3 Å². The average Bonchev–Trinajstić information content (AvgIpc) is 2.44. The van der Waals surface area contributed by atoms with Crippen LogP contribution in [-0.4, -0.2) is 31.1 Å². The summed E-state index contributed by atoms with van der Waals surface area (Å²) in [6.45, 7) is 0. The molecule has 0 bridgehead atoms. The van der Waals surface area contributed by atoms with E-state index in [4.69, 9.17) is 4.74 Å². The van der Waals surface area contributed by atoms with E-state index in [1.165, 1.54) is 20.3 Å². The summed E-state index contributed by atoms with van der Waals surface area (Å²) in [6, 6.07) is 6.60. The van der Waals surface area contributed by atoms with Crippen LogP contribution in [-0.2, 0) is 9.47 Å². The third kappa shape index (κ3) is 2.58. The monoisotopic (exact) mass is 323 g/mol. The van der Waals surface area contributed by atoms with Gasteiger partial charge in [-0.25, -0.2) is 14.6 Å². The van der Waals surface area contributed by atoms with E-state index in [9.17, 15) is 9.59 Å². The topological polar surface area (TPSA) is 65.5 Å². The molecular weight excluding hydrogens is 314 g/mol. The third-order valence-corrected chi connectivity index (χ3v) is 3.06. The minimum Gasteiger partial charge on any atom is -0.465 e. The number of carbonyl (C=O) groups excluding carboxylic acids is 2.